The van der Waals surface area contributed by atoms with Gasteiger partial charge in [-0.3, -0.25) is 4.79 Å². The number of thioether (sulfide) groups is 1. The lowest BCUT2D eigenvalue weighted by atomic mass is 10.0. The first-order valence-corrected chi connectivity index (χ1v) is 12.7. The zero-order valence-electron chi connectivity index (χ0n) is 19.7. The van der Waals surface area contributed by atoms with E-state index in [9.17, 15) is 9.90 Å². The van der Waals surface area contributed by atoms with Crippen LogP contribution in [0, 0.1) is 0 Å². The van der Waals surface area contributed by atoms with Gasteiger partial charge in [-0.15, -0.1) is 11.8 Å². The summed E-state index contributed by atoms with van der Waals surface area (Å²) in [6.07, 6.45) is 2.90. The molecule has 1 aromatic heterocycles. The first-order chi connectivity index (χ1) is 17.1. The van der Waals surface area contributed by atoms with E-state index in [-0.39, 0.29) is 11.0 Å². The number of benzene rings is 3. The summed E-state index contributed by atoms with van der Waals surface area (Å²) in [6.45, 7) is 0.371. The molecule has 1 N–H and O–H groups in total. The number of rotatable bonds is 12. The number of hydrogen-bond acceptors (Lipinski definition) is 5. The quantitative estimate of drug-likeness (QED) is 0.240. The Morgan fingerprint density at radius 2 is 1.74 bits per heavy atom. The van der Waals surface area contributed by atoms with Crippen LogP contribution in [0.1, 0.15) is 34.9 Å². The highest BCUT2D eigenvalue weighted by Crippen LogP contribution is 2.34. The maximum absolute atomic E-state index is 11.2. The lowest BCUT2D eigenvalue weighted by Crippen LogP contribution is -2.04. The number of hydrogen-bond donors (Lipinski definition) is 1. The molecule has 1 atom stereocenters. The summed E-state index contributed by atoms with van der Waals surface area (Å²) in [4.78, 5) is 15.8. The fourth-order valence-electron chi connectivity index (χ4n) is 3.94. The molecule has 0 aliphatic heterocycles. The first kappa shape index (κ1) is 24.6. The van der Waals surface area contributed by atoms with Gasteiger partial charge in [-0.2, -0.15) is 0 Å². The molecule has 0 fully saturated rings. The van der Waals surface area contributed by atoms with Crippen LogP contribution < -0.4 is 9.47 Å². The van der Waals surface area contributed by atoms with Gasteiger partial charge in [-0.1, -0.05) is 48.5 Å². The van der Waals surface area contributed by atoms with Crippen LogP contribution in [0.15, 0.2) is 84.9 Å². The zero-order valence-corrected chi connectivity index (χ0v) is 20.5. The number of aromatic nitrogens is 1. The molecule has 0 aliphatic carbocycles. The van der Waals surface area contributed by atoms with Gasteiger partial charge in [0.25, 0.3) is 0 Å². The van der Waals surface area contributed by atoms with Crippen molar-refractivity contribution in [3.63, 3.8) is 0 Å². The topological polar surface area (TPSA) is 68.7 Å². The molecule has 0 saturated carbocycles. The Balaban J connectivity index is 1.36. The molecule has 5 nitrogen and oxygen atoms in total. The average molecular weight is 488 g/mol. The molecule has 0 bridgehead atoms. The molecule has 0 spiro atoms. The highest BCUT2D eigenvalue weighted by Gasteiger charge is 2.14. The number of carbonyl (C=O) groups is 1. The second kappa shape index (κ2) is 12.3. The van der Waals surface area contributed by atoms with E-state index in [1.165, 1.54) is 17.3 Å². The Morgan fingerprint density at radius 3 is 2.49 bits per heavy atom. The van der Waals surface area contributed by atoms with E-state index in [0.717, 1.165) is 52.9 Å². The van der Waals surface area contributed by atoms with Crippen LogP contribution in [0.4, 0.5) is 0 Å². The van der Waals surface area contributed by atoms with Crippen molar-refractivity contribution in [3.8, 4) is 11.5 Å². The maximum atomic E-state index is 11.2. The summed E-state index contributed by atoms with van der Waals surface area (Å²) in [6, 6.07) is 28.2. The minimum Gasteiger partial charge on any atom is -0.497 e. The molecule has 0 aliphatic rings. The van der Waals surface area contributed by atoms with Crippen molar-refractivity contribution in [1.29, 1.82) is 0 Å². The van der Waals surface area contributed by atoms with Gasteiger partial charge in [-0.05, 0) is 66.8 Å². The summed E-state index contributed by atoms with van der Waals surface area (Å²) in [5.74, 6) is 0.873. The third-order valence-electron chi connectivity index (χ3n) is 5.78. The van der Waals surface area contributed by atoms with Crippen molar-refractivity contribution in [3.05, 3.63) is 102 Å². The third kappa shape index (κ3) is 7.23. The number of aryl methyl sites for hydroxylation is 1. The predicted molar refractivity (Wildman–Crippen MR) is 141 cm³/mol. The molecule has 4 aromatic rings. The van der Waals surface area contributed by atoms with Gasteiger partial charge in [0.05, 0.1) is 24.1 Å². The number of fused-ring (bicyclic) bond motifs is 1. The number of aliphatic carboxylic acids is 1. The Bertz CT molecular complexity index is 1240. The Hall–Kier alpha value is -3.51. The smallest absolute Gasteiger partial charge is 0.313 e. The number of carboxylic acid groups (broad SMARTS) is 1. The van der Waals surface area contributed by atoms with Crippen LogP contribution in [0.25, 0.3) is 10.9 Å². The highest BCUT2D eigenvalue weighted by atomic mass is 32.2. The fourth-order valence-corrected chi connectivity index (χ4v) is 4.97. The molecule has 180 valence electrons. The minimum absolute atomic E-state index is 0.0910. The molecule has 1 heterocycles. The number of carboxylic acids is 1. The minimum atomic E-state index is -0.788. The van der Waals surface area contributed by atoms with Gasteiger partial charge in [0.2, 0.25) is 0 Å². The molecule has 0 amide bonds. The van der Waals surface area contributed by atoms with E-state index in [0.29, 0.717) is 6.61 Å². The maximum Gasteiger partial charge on any atom is 0.313 e. The summed E-state index contributed by atoms with van der Waals surface area (Å²) in [5, 5.41) is 10.3. The van der Waals surface area contributed by atoms with E-state index in [1.54, 1.807) is 7.11 Å². The molecule has 0 radical (unpaired) electrons. The number of pyridine rings is 1. The van der Waals surface area contributed by atoms with Crippen LogP contribution in [0.5, 0.6) is 11.5 Å². The molecule has 3 aromatic carbocycles. The number of ether oxygens (including phenoxy) is 2. The van der Waals surface area contributed by atoms with E-state index in [1.807, 2.05) is 60.7 Å². The SMILES string of the molecule is COc1ccc2nc(COc3ccc(C(CCCc4ccccc4)SCC(=O)O)cc3)ccc2c1. The summed E-state index contributed by atoms with van der Waals surface area (Å²) >= 11 is 1.48. The predicted octanol–water partition coefficient (Wildman–Crippen LogP) is 6.70. The molecular formula is C29H29NO4S. The normalized spacial score (nSPS) is 11.8. The second-order valence-corrected chi connectivity index (χ2v) is 9.48. The monoisotopic (exact) mass is 487 g/mol. The molecule has 4 rings (SSSR count). The molecule has 6 heteroatoms. The van der Waals surface area contributed by atoms with Crippen molar-refractivity contribution in [2.24, 2.45) is 0 Å². The van der Waals surface area contributed by atoms with Gasteiger partial charge < -0.3 is 14.6 Å². The van der Waals surface area contributed by atoms with Crippen molar-refractivity contribution in [2.75, 3.05) is 12.9 Å². The first-order valence-electron chi connectivity index (χ1n) is 11.6. The van der Waals surface area contributed by atoms with E-state index < -0.39 is 5.97 Å². The average Bonchev–Trinajstić information content (AvgIpc) is 2.90. The standard InChI is InChI=1S/C29H29NO4S/c1-33-26-16-17-27-23(18-26)10-13-24(30-27)19-34-25-14-11-22(12-15-25)28(35-20-29(31)32)9-5-8-21-6-3-2-4-7-21/h2-4,6-7,10-18,28H,5,8-9,19-20H2,1H3,(H,31,32). The zero-order chi connectivity index (χ0) is 24.5. The van der Waals surface area contributed by atoms with Crippen LogP contribution >= 0.6 is 11.8 Å². The third-order valence-corrected chi connectivity index (χ3v) is 7.10. The van der Waals surface area contributed by atoms with Gasteiger partial charge in [-0.25, -0.2) is 4.98 Å². The molecule has 0 saturated heterocycles. The van der Waals surface area contributed by atoms with E-state index >= 15 is 0 Å². The van der Waals surface area contributed by atoms with Gasteiger partial charge >= 0.3 is 5.97 Å². The van der Waals surface area contributed by atoms with Gasteiger partial charge in [0, 0.05) is 10.6 Å². The molecule has 35 heavy (non-hydrogen) atoms. The van der Waals surface area contributed by atoms with Crippen molar-refractivity contribution < 1.29 is 19.4 Å². The fraction of sp³-hybridized carbons (Fsp3) is 0.241. The lowest BCUT2D eigenvalue weighted by Gasteiger charge is -2.17. The summed E-state index contributed by atoms with van der Waals surface area (Å²) < 4.78 is 11.2. The molecule has 1 unspecified atom stereocenters. The van der Waals surface area contributed by atoms with Gasteiger partial charge in [0.15, 0.2) is 0 Å². The highest BCUT2D eigenvalue weighted by molar-refractivity contribution is 8.00. The number of methoxy groups -OCH3 is 1. The number of nitrogens with zero attached hydrogens (tertiary/aromatic N) is 1. The van der Waals surface area contributed by atoms with Crippen LogP contribution in [-0.4, -0.2) is 28.9 Å². The van der Waals surface area contributed by atoms with Crippen molar-refractivity contribution in [1.82, 2.24) is 4.98 Å². The second-order valence-electron chi connectivity index (χ2n) is 8.29. The van der Waals surface area contributed by atoms with E-state index in [2.05, 4.69) is 29.2 Å². The lowest BCUT2D eigenvalue weighted by molar-refractivity contribution is -0.133. The van der Waals surface area contributed by atoms with Crippen LogP contribution in [0.3, 0.4) is 0 Å². The molecular weight excluding hydrogens is 458 g/mol. The summed E-state index contributed by atoms with van der Waals surface area (Å²) in [5.41, 5.74) is 4.17. The largest absolute Gasteiger partial charge is 0.497 e. The Morgan fingerprint density at radius 1 is 0.971 bits per heavy atom. The van der Waals surface area contributed by atoms with Gasteiger partial charge in [0.1, 0.15) is 18.1 Å². The van der Waals surface area contributed by atoms with Crippen LogP contribution in [-0.2, 0) is 17.8 Å². The van der Waals surface area contributed by atoms with Crippen molar-refractivity contribution in [2.45, 2.75) is 31.1 Å². The van der Waals surface area contributed by atoms with Crippen molar-refractivity contribution >= 4 is 28.6 Å². The van der Waals surface area contributed by atoms with E-state index in [4.69, 9.17) is 9.47 Å². The van der Waals surface area contributed by atoms with Crippen LogP contribution in [0.2, 0.25) is 0 Å². The summed E-state index contributed by atoms with van der Waals surface area (Å²) in [7, 11) is 1.65. The Labute approximate surface area is 210 Å². The Kier molecular flexibility index (Phi) is 8.63.